The molecule has 0 spiro atoms. The van der Waals surface area contributed by atoms with Gasteiger partial charge in [0.2, 0.25) is 0 Å². The first-order valence-corrected chi connectivity index (χ1v) is 8.79. The molecular weight excluding hydrogens is 356 g/mol. The Hall–Kier alpha value is -2.67. The standard InChI is InChI=1S/C18H19ClN4O3/c19-17-2-1-15(23(25)26)11-16(17)18(24)21-12-13-5-9-22(10-6-13)14-3-7-20-8-4-14/h1-4,7-8,11,13H,5-6,9-10,12H2,(H,21,24). The molecule has 0 aliphatic carbocycles. The van der Waals surface area contributed by atoms with Gasteiger partial charge in [-0.3, -0.25) is 19.9 Å². The van der Waals surface area contributed by atoms with Gasteiger partial charge in [-0.05, 0) is 37.0 Å². The lowest BCUT2D eigenvalue weighted by atomic mass is 9.96. The zero-order valence-corrected chi connectivity index (χ0v) is 14.9. The average Bonchev–Trinajstić information content (AvgIpc) is 2.67. The van der Waals surface area contributed by atoms with Crippen LogP contribution in [0.4, 0.5) is 11.4 Å². The number of benzene rings is 1. The Morgan fingerprint density at radius 3 is 2.62 bits per heavy atom. The van der Waals surface area contributed by atoms with Gasteiger partial charge in [-0.15, -0.1) is 0 Å². The molecule has 1 aliphatic rings. The Morgan fingerprint density at radius 2 is 1.96 bits per heavy atom. The van der Waals surface area contributed by atoms with E-state index < -0.39 is 4.92 Å². The van der Waals surface area contributed by atoms with Crippen LogP contribution in [0.3, 0.4) is 0 Å². The first-order chi connectivity index (χ1) is 12.5. The summed E-state index contributed by atoms with van der Waals surface area (Å²) in [5.74, 6) is -0.00947. The van der Waals surface area contributed by atoms with Gasteiger partial charge in [-0.1, -0.05) is 11.6 Å². The minimum atomic E-state index is -0.540. The smallest absolute Gasteiger partial charge is 0.270 e. The van der Waals surface area contributed by atoms with Crippen LogP contribution in [0.5, 0.6) is 0 Å². The Labute approximate surface area is 156 Å². The van der Waals surface area contributed by atoms with Crippen molar-refractivity contribution in [3.63, 3.8) is 0 Å². The van der Waals surface area contributed by atoms with Crippen molar-refractivity contribution in [1.29, 1.82) is 0 Å². The summed E-state index contributed by atoms with van der Waals surface area (Å²) >= 11 is 6.01. The molecule has 7 nitrogen and oxygen atoms in total. The number of halogens is 1. The van der Waals surface area contributed by atoms with Gasteiger partial charge in [0.15, 0.2) is 0 Å². The predicted octanol–water partition coefficient (Wildman–Crippen LogP) is 3.29. The van der Waals surface area contributed by atoms with Gasteiger partial charge in [0.25, 0.3) is 11.6 Å². The predicted molar refractivity (Wildman–Crippen MR) is 99.6 cm³/mol. The SMILES string of the molecule is O=C(NCC1CCN(c2ccncc2)CC1)c1cc([N+](=O)[O-])ccc1Cl. The lowest BCUT2D eigenvalue weighted by molar-refractivity contribution is -0.384. The second kappa shape index (κ2) is 8.14. The molecule has 0 saturated carbocycles. The third-order valence-corrected chi connectivity index (χ3v) is 4.93. The molecule has 0 unspecified atom stereocenters. The van der Waals surface area contributed by atoms with Gasteiger partial charge in [-0.25, -0.2) is 0 Å². The molecule has 0 atom stereocenters. The lowest BCUT2D eigenvalue weighted by Gasteiger charge is -2.33. The van der Waals surface area contributed by atoms with Crippen molar-refractivity contribution in [2.24, 2.45) is 5.92 Å². The number of non-ortho nitro benzene ring substituents is 1. The maximum absolute atomic E-state index is 12.3. The number of carbonyl (C=O) groups is 1. The molecule has 3 rings (SSSR count). The molecule has 1 amide bonds. The number of carbonyl (C=O) groups excluding carboxylic acids is 1. The fraction of sp³-hybridized carbons (Fsp3) is 0.333. The topological polar surface area (TPSA) is 88.4 Å². The minimum Gasteiger partial charge on any atom is -0.371 e. The summed E-state index contributed by atoms with van der Waals surface area (Å²) in [7, 11) is 0. The van der Waals surface area contributed by atoms with E-state index in [1.165, 1.54) is 18.2 Å². The molecule has 1 aromatic heterocycles. The van der Waals surface area contributed by atoms with Crippen LogP contribution >= 0.6 is 11.6 Å². The van der Waals surface area contributed by atoms with E-state index in [0.29, 0.717) is 12.5 Å². The van der Waals surface area contributed by atoms with Crippen molar-refractivity contribution in [2.45, 2.75) is 12.8 Å². The van der Waals surface area contributed by atoms with Crippen LogP contribution in [0.15, 0.2) is 42.7 Å². The van der Waals surface area contributed by atoms with Crippen molar-refractivity contribution in [1.82, 2.24) is 10.3 Å². The second-order valence-electron chi connectivity index (χ2n) is 6.27. The lowest BCUT2D eigenvalue weighted by Crippen LogP contribution is -2.38. The van der Waals surface area contributed by atoms with Crippen molar-refractivity contribution in [3.8, 4) is 0 Å². The average molecular weight is 375 g/mol. The third kappa shape index (κ3) is 4.29. The van der Waals surface area contributed by atoms with E-state index in [1.54, 1.807) is 12.4 Å². The molecule has 2 heterocycles. The second-order valence-corrected chi connectivity index (χ2v) is 6.67. The number of pyridine rings is 1. The summed E-state index contributed by atoms with van der Waals surface area (Å²) in [6.07, 6.45) is 5.49. The molecule has 8 heteroatoms. The molecule has 136 valence electrons. The van der Waals surface area contributed by atoms with Gasteiger partial charge in [0, 0.05) is 49.8 Å². The monoisotopic (exact) mass is 374 g/mol. The van der Waals surface area contributed by atoms with Gasteiger partial charge >= 0.3 is 0 Å². The Balaban J connectivity index is 1.53. The summed E-state index contributed by atoms with van der Waals surface area (Å²) < 4.78 is 0. The van der Waals surface area contributed by atoms with Gasteiger partial charge < -0.3 is 10.2 Å². The van der Waals surface area contributed by atoms with Crippen LogP contribution in [-0.4, -0.2) is 35.4 Å². The largest absolute Gasteiger partial charge is 0.371 e. The minimum absolute atomic E-state index is 0.134. The summed E-state index contributed by atoms with van der Waals surface area (Å²) in [6, 6.07) is 7.86. The summed E-state index contributed by atoms with van der Waals surface area (Å²) in [4.78, 5) is 29.0. The Morgan fingerprint density at radius 1 is 1.27 bits per heavy atom. The quantitative estimate of drug-likeness (QED) is 0.640. The third-order valence-electron chi connectivity index (χ3n) is 4.60. The van der Waals surface area contributed by atoms with Crippen molar-refractivity contribution in [3.05, 3.63) is 63.4 Å². The van der Waals surface area contributed by atoms with Crippen LogP contribution in [0.25, 0.3) is 0 Å². The van der Waals surface area contributed by atoms with Crippen molar-refractivity contribution in [2.75, 3.05) is 24.5 Å². The fourth-order valence-corrected chi connectivity index (χ4v) is 3.29. The van der Waals surface area contributed by atoms with Crippen LogP contribution in [0.2, 0.25) is 5.02 Å². The number of nitro benzene ring substituents is 1. The van der Waals surface area contributed by atoms with Crippen LogP contribution in [-0.2, 0) is 0 Å². The van der Waals surface area contributed by atoms with E-state index in [1.807, 2.05) is 12.1 Å². The summed E-state index contributed by atoms with van der Waals surface area (Å²) in [5, 5.41) is 13.9. The molecule has 1 fully saturated rings. The Bertz CT molecular complexity index is 792. The number of amides is 1. The van der Waals surface area contributed by atoms with Crippen molar-refractivity contribution >= 4 is 28.9 Å². The first-order valence-electron chi connectivity index (χ1n) is 8.41. The fourth-order valence-electron chi connectivity index (χ4n) is 3.08. The van der Waals surface area contributed by atoms with E-state index in [0.717, 1.165) is 31.6 Å². The number of anilines is 1. The van der Waals surface area contributed by atoms with Crippen molar-refractivity contribution < 1.29 is 9.72 Å². The molecular formula is C18H19ClN4O3. The molecule has 0 radical (unpaired) electrons. The first kappa shape index (κ1) is 18.1. The molecule has 2 aromatic rings. The number of hydrogen-bond acceptors (Lipinski definition) is 5. The molecule has 1 N–H and O–H groups in total. The molecule has 0 bridgehead atoms. The zero-order chi connectivity index (χ0) is 18.5. The molecule has 26 heavy (non-hydrogen) atoms. The number of nitro groups is 1. The number of piperidine rings is 1. The van der Waals surface area contributed by atoms with E-state index in [-0.39, 0.29) is 22.2 Å². The summed E-state index contributed by atoms with van der Waals surface area (Å²) in [6.45, 7) is 2.37. The van der Waals surface area contributed by atoms with Crippen LogP contribution in [0.1, 0.15) is 23.2 Å². The molecule has 1 aliphatic heterocycles. The van der Waals surface area contributed by atoms with E-state index >= 15 is 0 Å². The van der Waals surface area contributed by atoms with E-state index in [9.17, 15) is 14.9 Å². The van der Waals surface area contributed by atoms with Gasteiger partial charge in [0.1, 0.15) is 0 Å². The van der Waals surface area contributed by atoms with Gasteiger partial charge in [0.05, 0.1) is 15.5 Å². The normalized spacial score (nSPS) is 14.9. The van der Waals surface area contributed by atoms with Gasteiger partial charge in [-0.2, -0.15) is 0 Å². The van der Waals surface area contributed by atoms with Crippen LogP contribution < -0.4 is 10.2 Å². The summed E-state index contributed by atoms with van der Waals surface area (Å²) in [5.41, 5.74) is 1.14. The van der Waals surface area contributed by atoms with E-state index in [4.69, 9.17) is 11.6 Å². The molecule has 1 aromatic carbocycles. The van der Waals surface area contributed by atoms with E-state index in [2.05, 4.69) is 15.2 Å². The number of nitrogens with one attached hydrogen (secondary N) is 1. The highest BCUT2D eigenvalue weighted by Crippen LogP contribution is 2.24. The Kier molecular flexibility index (Phi) is 5.68. The zero-order valence-electron chi connectivity index (χ0n) is 14.1. The number of rotatable bonds is 5. The highest BCUT2D eigenvalue weighted by atomic mass is 35.5. The number of aromatic nitrogens is 1. The maximum atomic E-state index is 12.3. The highest BCUT2D eigenvalue weighted by molar-refractivity contribution is 6.33. The number of hydrogen-bond donors (Lipinski definition) is 1. The maximum Gasteiger partial charge on any atom is 0.270 e. The van der Waals surface area contributed by atoms with Crippen LogP contribution in [0, 0.1) is 16.0 Å². The number of nitrogens with zero attached hydrogens (tertiary/aromatic N) is 3. The molecule has 1 saturated heterocycles. The highest BCUT2D eigenvalue weighted by Gasteiger charge is 2.21.